The van der Waals surface area contributed by atoms with Crippen LogP contribution < -0.4 is 11.1 Å². The molecule has 0 spiro atoms. The Morgan fingerprint density at radius 1 is 1.56 bits per heavy atom. The summed E-state index contributed by atoms with van der Waals surface area (Å²) in [6.07, 6.45) is 0. The summed E-state index contributed by atoms with van der Waals surface area (Å²) in [5.74, 6) is -0.305. The quantitative estimate of drug-likeness (QED) is 0.876. The summed E-state index contributed by atoms with van der Waals surface area (Å²) < 4.78 is 0. The first-order chi connectivity index (χ1) is 8.72. The van der Waals surface area contributed by atoms with Crippen molar-refractivity contribution in [1.82, 2.24) is 4.98 Å². The highest BCUT2D eigenvalue weighted by Gasteiger charge is 2.10. The van der Waals surface area contributed by atoms with Crippen LogP contribution in [0.15, 0.2) is 29.6 Å². The molecule has 2 rings (SSSR count). The summed E-state index contributed by atoms with van der Waals surface area (Å²) in [5.41, 5.74) is 6.83. The fourth-order valence-corrected chi connectivity index (χ4v) is 2.03. The largest absolute Gasteiger partial charge is 0.325 e. The van der Waals surface area contributed by atoms with Crippen molar-refractivity contribution in [2.75, 3.05) is 5.32 Å². The lowest BCUT2D eigenvalue weighted by Crippen LogP contribution is -2.12. The summed E-state index contributed by atoms with van der Waals surface area (Å²) in [6, 6.07) is 8.72. The van der Waals surface area contributed by atoms with Gasteiger partial charge >= 0.3 is 0 Å². The number of nitrogens with two attached hydrogens (primary N) is 1. The van der Waals surface area contributed by atoms with Crippen LogP contribution in [0.25, 0.3) is 0 Å². The number of nitrogens with one attached hydrogen (secondary N) is 1. The Bertz CT molecular complexity index is 615. The van der Waals surface area contributed by atoms with Gasteiger partial charge in [-0.3, -0.25) is 4.79 Å². The number of nitrogens with zero attached hydrogens (tertiary/aromatic N) is 2. The monoisotopic (exact) mass is 258 g/mol. The van der Waals surface area contributed by atoms with E-state index in [1.807, 2.05) is 6.07 Å². The van der Waals surface area contributed by atoms with E-state index in [-0.39, 0.29) is 5.91 Å². The number of benzene rings is 1. The van der Waals surface area contributed by atoms with Crippen LogP contribution in [0.2, 0.25) is 0 Å². The molecule has 0 unspecified atom stereocenters. The van der Waals surface area contributed by atoms with Gasteiger partial charge in [0.25, 0.3) is 5.91 Å². The number of hydrogen-bond donors (Lipinski definition) is 2. The normalized spacial score (nSPS) is 9.78. The highest BCUT2D eigenvalue weighted by atomic mass is 32.1. The summed E-state index contributed by atoms with van der Waals surface area (Å²) in [7, 11) is 0. The van der Waals surface area contributed by atoms with Crippen LogP contribution in [0.5, 0.6) is 0 Å². The van der Waals surface area contributed by atoms with Gasteiger partial charge in [0.15, 0.2) is 0 Å². The predicted molar refractivity (Wildman–Crippen MR) is 69.1 cm³/mol. The van der Waals surface area contributed by atoms with E-state index in [1.54, 1.807) is 29.6 Å². The molecule has 18 heavy (non-hydrogen) atoms. The standard InChI is InChI=1S/C12H10N4OS/c13-5-8-2-1-3-9(4-8)15-12(17)10-7-18-11(6-14)16-10/h1-4,7H,6,14H2,(H,15,17). The van der Waals surface area contributed by atoms with Gasteiger partial charge in [0, 0.05) is 17.6 Å². The van der Waals surface area contributed by atoms with E-state index in [9.17, 15) is 4.79 Å². The molecule has 0 aliphatic carbocycles. The SMILES string of the molecule is N#Cc1cccc(NC(=O)c2csc(CN)n2)c1. The molecule has 2 aromatic rings. The molecule has 0 fully saturated rings. The summed E-state index contributed by atoms with van der Waals surface area (Å²) in [6.45, 7) is 0.321. The number of aromatic nitrogens is 1. The van der Waals surface area contributed by atoms with Crippen molar-refractivity contribution in [3.05, 3.63) is 45.9 Å². The molecule has 1 heterocycles. The Morgan fingerprint density at radius 2 is 2.39 bits per heavy atom. The third kappa shape index (κ3) is 2.71. The number of rotatable bonds is 3. The Balaban J connectivity index is 2.13. The van der Waals surface area contributed by atoms with Gasteiger partial charge in [-0.2, -0.15) is 5.26 Å². The molecule has 5 nitrogen and oxygen atoms in total. The minimum atomic E-state index is -0.305. The summed E-state index contributed by atoms with van der Waals surface area (Å²) in [5, 5.41) is 13.8. The molecule has 0 aliphatic heterocycles. The number of nitriles is 1. The fourth-order valence-electron chi connectivity index (χ4n) is 1.37. The molecule has 1 amide bonds. The van der Waals surface area contributed by atoms with E-state index in [0.717, 1.165) is 0 Å². The van der Waals surface area contributed by atoms with Gasteiger partial charge in [0.1, 0.15) is 10.7 Å². The number of hydrogen-bond acceptors (Lipinski definition) is 5. The van der Waals surface area contributed by atoms with Crippen molar-refractivity contribution in [2.24, 2.45) is 5.73 Å². The van der Waals surface area contributed by atoms with Gasteiger partial charge in [-0.25, -0.2) is 4.98 Å². The van der Waals surface area contributed by atoms with E-state index in [0.29, 0.717) is 28.5 Å². The van der Waals surface area contributed by atoms with Crippen LogP contribution in [0.3, 0.4) is 0 Å². The number of carbonyl (C=O) groups is 1. The number of anilines is 1. The van der Waals surface area contributed by atoms with Crippen molar-refractivity contribution in [3.63, 3.8) is 0 Å². The predicted octanol–water partition coefficient (Wildman–Crippen LogP) is 1.73. The fraction of sp³-hybridized carbons (Fsp3) is 0.0833. The molecule has 1 aromatic heterocycles. The maximum atomic E-state index is 11.9. The van der Waals surface area contributed by atoms with Crippen molar-refractivity contribution in [3.8, 4) is 6.07 Å². The van der Waals surface area contributed by atoms with Crippen LogP contribution >= 0.6 is 11.3 Å². The van der Waals surface area contributed by atoms with E-state index in [1.165, 1.54) is 11.3 Å². The summed E-state index contributed by atoms with van der Waals surface area (Å²) >= 11 is 1.35. The average molecular weight is 258 g/mol. The minimum absolute atomic E-state index is 0.305. The molecular formula is C12H10N4OS. The van der Waals surface area contributed by atoms with Crippen LogP contribution in [-0.4, -0.2) is 10.9 Å². The second-order valence-corrected chi connectivity index (χ2v) is 4.42. The molecule has 0 radical (unpaired) electrons. The molecule has 0 saturated carbocycles. The van der Waals surface area contributed by atoms with E-state index in [2.05, 4.69) is 10.3 Å². The molecular weight excluding hydrogens is 248 g/mol. The van der Waals surface area contributed by atoms with Crippen LogP contribution in [-0.2, 0) is 6.54 Å². The lowest BCUT2D eigenvalue weighted by atomic mass is 10.2. The number of thiazole rings is 1. The van der Waals surface area contributed by atoms with Crippen molar-refractivity contribution < 1.29 is 4.79 Å². The third-order valence-electron chi connectivity index (χ3n) is 2.21. The van der Waals surface area contributed by atoms with Gasteiger partial charge in [-0.1, -0.05) is 6.07 Å². The molecule has 90 valence electrons. The molecule has 0 bridgehead atoms. The van der Waals surface area contributed by atoms with E-state index in [4.69, 9.17) is 11.0 Å². The maximum Gasteiger partial charge on any atom is 0.275 e. The molecule has 0 aliphatic rings. The topological polar surface area (TPSA) is 91.8 Å². The van der Waals surface area contributed by atoms with Gasteiger partial charge in [0.05, 0.1) is 11.6 Å². The number of carbonyl (C=O) groups excluding carboxylic acids is 1. The zero-order valence-corrected chi connectivity index (χ0v) is 10.2. The van der Waals surface area contributed by atoms with E-state index >= 15 is 0 Å². The van der Waals surface area contributed by atoms with Crippen molar-refractivity contribution >= 4 is 22.9 Å². The third-order valence-corrected chi connectivity index (χ3v) is 3.08. The second-order valence-electron chi connectivity index (χ2n) is 3.48. The zero-order valence-electron chi connectivity index (χ0n) is 9.38. The lowest BCUT2D eigenvalue weighted by molar-refractivity contribution is 0.102. The second kappa shape index (κ2) is 5.40. The Labute approximate surface area is 108 Å². The van der Waals surface area contributed by atoms with Crippen molar-refractivity contribution in [2.45, 2.75) is 6.54 Å². The first-order valence-electron chi connectivity index (χ1n) is 5.19. The highest BCUT2D eigenvalue weighted by Crippen LogP contribution is 2.13. The highest BCUT2D eigenvalue weighted by molar-refractivity contribution is 7.09. The molecule has 1 aromatic carbocycles. The molecule has 3 N–H and O–H groups in total. The molecule has 0 saturated heterocycles. The first kappa shape index (κ1) is 12.2. The van der Waals surface area contributed by atoms with Gasteiger partial charge in [-0.15, -0.1) is 11.3 Å². The van der Waals surface area contributed by atoms with Gasteiger partial charge in [0.2, 0.25) is 0 Å². The van der Waals surface area contributed by atoms with Crippen LogP contribution in [0, 0.1) is 11.3 Å². The Hall–Kier alpha value is -2.23. The lowest BCUT2D eigenvalue weighted by Gasteiger charge is -2.02. The zero-order chi connectivity index (χ0) is 13.0. The average Bonchev–Trinajstić information content (AvgIpc) is 2.88. The molecule has 6 heteroatoms. The summed E-state index contributed by atoms with van der Waals surface area (Å²) in [4.78, 5) is 15.9. The van der Waals surface area contributed by atoms with E-state index < -0.39 is 0 Å². The van der Waals surface area contributed by atoms with Gasteiger partial charge < -0.3 is 11.1 Å². The number of amides is 1. The first-order valence-corrected chi connectivity index (χ1v) is 6.07. The van der Waals surface area contributed by atoms with Crippen LogP contribution in [0.4, 0.5) is 5.69 Å². The minimum Gasteiger partial charge on any atom is -0.325 e. The van der Waals surface area contributed by atoms with Crippen LogP contribution in [0.1, 0.15) is 21.1 Å². The Morgan fingerprint density at radius 3 is 3.06 bits per heavy atom. The Kier molecular flexibility index (Phi) is 3.67. The molecule has 0 atom stereocenters. The van der Waals surface area contributed by atoms with Gasteiger partial charge in [-0.05, 0) is 18.2 Å². The smallest absolute Gasteiger partial charge is 0.275 e. The van der Waals surface area contributed by atoms with Crippen molar-refractivity contribution in [1.29, 1.82) is 5.26 Å². The maximum absolute atomic E-state index is 11.9.